The van der Waals surface area contributed by atoms with Gasteiger partial charge in [0.1, 0.15) is 11.4 Å². The highest BCUT2D eigenvalue weighted by molar-refractivity contribution is 7.87. The summed E-state index contributed by atoms with van der Waals surface area (Å²) in [6, 6.07) is 26.4. The van der Waals surface area contributed by atoms with Crippen LogP contribution in [0.15, 0.2) is 142 Å². The lowest BCUT2D eigenvalue weighted by molar-refractivity contribution is -0.539. The summed E-state index contributed by atoms with van der Waals surface area (Å²) in [4.78, 5) is 1.66. The maximum atomic E-state index is 12.6. The topological polar surface area (TPSA) is 158 Å². The van der Waals surface area contributed by atoms with Crippen LogP contribution in [0.5, 0.6) is 0 Å². The molecule has 0 spiro atoms. The van der Waals surface area contributed by atoms with Crippen LogP contribution >= 0.6 is 0 Å². The molecule has 4 aromatic carbocycles. The Bertz CT molecular complexity index is 2410. The number of benzene rings is 4. The molecule has 1 aliphatic rings. The molecule has 0 saturated heterocycles. The summed E-state index contributed by atoms with van der Waals surface area (Å²) in [7, 11) is -11.7. The number of allylic oxidation sites excluding steroid dienone is 5. The van der Waals surface area contributed by atoms with E-state index >= 15 is 0 Å². The lowest BCUT2D eigenvalue weighted by atomic mass is 9.90. The number of hydrogen-bond donors (Lipinski definition) is 2. The Morgan fingerprint density at radius 2 is 1.33 bits per heavy atom. The Labute approximate surface area is 305 Å². The van der Waals surface area contributed by atoms with Gasteiger partial charge in [-0.2, -0.15) is 25.3 Å². The zero-order chi connectivity index (χ0) is 37.7. The summed E-state index contributed by atoms with van der Waals surface area (Å²) in [5.74, 6) is 0. The molecule has 11 nitrogen and oxygen atoms in total. The average molecular weight is 764 g/mol. The second kappa shape index (κ2) is 15.9. The third-order valence-corrected chi connectivity index (χ3v) is 11.6. The van der Waals surface area contributed by atoms with Crippen molar-refractivity contribution >= 4 is 47.3 Å². The van der Waals surface area contributed by atoms with Gasteiger partial charge in [-0.1, -0.05) is 54.6 Å². The molecule has 0 unspecified atom stereocenters. The molecule has 0 fully saturated rings. The van der Waals surface area contributed by atoms with Crippen molar-refractivity contribution in [3.8, 4) is 0 Å². The Morgan fingerprint density at radius 3 is 1.92 bits per heavy atom. The molecule has 0 aliphatic heterocycles. The summed E-state index contributed by atoms with van der Waals surface area (Å²) in [6.07, 6.45) is 7.54. The zero-order valence-corrected chi connectivity index (χ0v) is 31.2. The third kappa shape index (κ3) is 9.02. The van der Waals surface area contributed by atoms with Crippen molar-refractivity contribution in [3.05, 3.63) is 149 Å². The van der Waals surface area contributed by atoms with Crippen molar-refractivity contribution in [1.82, 2.24) is 0 Å². The molecule has 0 radical (unpaired) electrons. The maximum absolute atomic E-state index is 12.6. The molecule has 14 heteroatoms. The Hall–Kier alpha value is -4.70. The van der Waals surface area contributed by atoms with Crippen LogP contribution in [0.25, 0.3) is 5.57 Å². The first-order valence-corrected chi connectivity index (χ1v) is 20.5. The van der Waals surface area contributed by atoms with E-state index in [4.69, 9.17) is 0 Å². The molecule has 5 rings (SSSR count). The molecule has 2 N–H and O–H groups in total. The fourth-order valence-corrected chi connectivity index (χ4v) is 7.95. The number of nitrogens with zero attached hydrogens (tertiary/aromatic N) is 2. The van der Waals surface area contributed by atoms with Gasteiger partial charge in [0.2, 0.25) is 0 Å². The first kappa shape index (κ1) is 38.5. The van der Waals surface area contributed by atoms with Gasteiger partial charge in [-0.25, -0.2) is 4.58 Å². The van der Waals surface area contributed by atoms with E-state index in [1.807, 2.05) is 73.4 Å². The summed E-state index contributed by atoms with van der Waals surface area (Å²) in [5, 5.41) is 0. The van der Waals surface area contributed by atoms with E-state index in [1.165, 1.54) is 24.3 Å². The monoisotopic (exact) mass is 763 g/mol. The molecule has 1 aliphatic carbocycles. The minimum absolute atomic E-state index is 0.0649. The highest BCUT2D eigenvalue weighted by atomic mass is 32.2. The van der Waals surface area contributed by atoms with Gasteiger partial charge >= 0.3 is 0 Å². The second-order valence-electron chi connectivity index (χ2n) is 11.9. The van der Waals surface area contributed by atoms with Crippen molar-refractivity contribution in [3.63, 3.8) is 0 Å². The molecule has 0 atom stereocenters. The molecular formula is C38H39N2O9S3+. The van der Waals surface area contributed by atoms with Crippen molar-refractivity contribution in [2.75, 3.05) is 25.1 Å². The van der Waals surface area contributed by atoms with Crippen molar-refractivity contribution in [2.24, 2.45) is 0 Å². The average Bonchev–Trinajstić information content (AvgIpc) is 3.13. The van der Waals surface area contributed by atoms with Gasteiger partial charge in [-0.15, -0.1) is 0 Å². The van der Waals surface area contributed by atoms with Gasteiger partial charge in [-0.05, 0) is 90.7 Å². The van der Waals surface area contributed by atoms with Crippen LogP contribution < -0.4 is 4.90 Å². The van der Waals surface area contributed by atoms with E-state index in [-0.39, 0.29) is 14.7 Å². The molecule has 52 heavy (non-hydrogen) atoms. The molecule has 0 amide bonds. The van der Waals surface area contributed by atoms with E-state index in [0.717, 1.165) is 24.1 Å². The van der Waals surface area contributed by atoms with Crippen LogP contribution in [-0.4, -0.2) is 64.8 Å². The minimum Gasteiger partial charge on any atom is -0.367 e. The van der Waals surface area contributed by atoms with Gasteiger partial charge in [0.05, 0.1) is 16.9 Å². The summed E-state index contributed by atoms with van der Waals surface area (Å²) < 4.78 is 99.4. The van der Waals surface area contributed by atoms with E-state index in [2.05, 4.69) is 8.76 Å². The van der Waals surface area contributed by atoms with Gasteiger partial charge in [0, 0.05) is 42.1 Å². The highest BCUT2D eigenvalue weighted by Crippen LogP contribution is 2.35. The first-order valence-electron chi connectivity index (χ1n) is 16.2. The normalized spacial score (nSPS) is 13.3. The number of hydrogen-bond acceptors (Lipinski definition) is 8. The Kier molecular flexibility index (Phi) is 11.8. The maximum Gasteiger partial charge on any atom is 0.296 e. The first-order chi connectivity index (χ1) is 24.6. The van der Waals surface area contributed by atoms with Crippen LogP contribution in [0.1, 0.15) is 36.1 Å². The molecular weight excluding hydrogens is 725 g/mol. The molecule has 0 bridgehead atoms. The zero-order valence-electron chi connectivity index (χ0n) is 28.7. The second-order valence-corrected chi connectivity index (χ2v) is 16.4. The largest absolute Gasteiger partial charge is 0.367 e. The molecule has 0 aromatic heterocycles. The fraction of sp³-hybridized carbons (Fsp3) is 0.184. The molecule has 4 aromatic rings. The Morgan fingerprint density at radius 1 is 0.712 bits per heavy atom. The summed E-state index contributed by atoms with van der Waals surface area (Å²) in [5.41, 5.74) is 5.36. The van der Waals surface area contributed by atoms with E-state index in [0.29, 0.717) is 54.0 Å². The van der Waals surface area contributed by atoms with E-state index in [1.54, 1.807) is 42.5 Å². The van der Waals surface area contributed by atoms with Gasteiger partial charge in [-0.3, -0.25) is 13.3 Å². The smallest absolute Gasteiger partial charge is 0.296 e. The molecule has 0 saturated carbocycles. The van der Waals surface area contributed by atoms with Gasteiger partial charge < -0.3 is 4.90 Å². The summed E-state index contributed by atoms with van der Waals surface area (Å²) in [6.45, 7) is 5.91. The summed E-state index contributed by atoms with van der Waals surface area (Å²) >= 11 is 0. The van der Waals surface area contributed by atoms with Crippen LogP contribution in [0.2, 0.25) is 0 Å². The van der Waals surface area contributed by atoms with Crippen molar-refractivity contribution in [2.45, 2.75) is 41.6 Å². The SMILES string of the molecule is CCN(Cc1cccc(S(=O)(=O)O)c1)c1ccc(C(=C2C=CC(=[N+](CC)Cc3cccc(S(=O)(=O)OC)c3)C=C2)c2ccccc2S(=O)(=O)O)cc1. The van der Waals surface area contributed by atoms with E-state index in [9.17, 15) is 34.4 Å². The highest BCUT2D eigenvalue weighted by Gasteiger charge is 2.23. The molecule has 0 heterocycles. The van der Waals surface area contributed by atoms with Crippen molar-refractivity contribution in [1.29, 1.82) is 0 Å². The predicted octanol–water partition coefficient (Wildman–Crippen LogP) is 6.14. The van der Waals surface area contributed by atoms with Crippen LogP contribution in [0.4, 0.5) is 5.69 Å². The van der Waals surface area contributed by atoms with E-state index < -0.39 is 30.4 Å². The lowest BCUT2D eigenvalue weighted by Crippen LogP contribution is -2.22. The fourth-order valence-electron chi connectivity index (χ4n) is 5.97. The minimum atomic E-state index is -4.59. The quantitative estimate of drug-likeness (QED) is 0.0921. The lowest BCUT2D eigenvalue weighted by Gasteiger charge is -2.24. The van der Waals surface area contributed by atoms with Gasteiger partial charge in [0.25, 0.3) is 30.4 Å². The van der Waals surface area contributed by atoms with Crippen LogP contribution in [0.3, 0.4) is 0 Å². The standard InChI is InChI=1S/C38H38N2O9S3/c1-4-39(26-28-10-8-12-34(24-28)50(41,42)43)32-20-16-30(17-21-32)38(36-14-6-7-15-37(36)51(44,45)46)31-18-22-33(23-19-31)40(5-2)27-29-11-9-13-35(25-29)52(47,48)49-3/h6-25H,4-5,26-27H2,1-3H3,(H-,41,42,43,44,45,46)/p+1. The van der Waals surface area contributed by atoms with Crippen LogP contribution in [-0.2, 0) is 47.6 Å². The third-order valence-electron chi connectivity index (χ3n) is 8.59. The van der Waals surface area contributed by atoms with Crippen molar-refractivity contribution < 1.29 is 43.1 Å². The van der Waals surface area contributed by atoms with Gasteiger partial charge in [0.15, 0.2) is 12.3 Å². The predicted molar refractivity (Wildman–Crippen MR) is 200 cm³/mol. The number of rotatable bonds is 13. The Balaban J connectivity index is 1.54. The van der Waals surface area contributed by atoms with Crippen LogP contribution in [0, 0.1) is 0 Å². The molecule has 272 valence electrons. The number of anilines is 1.